The molecule has 0 aromatic heterocycles. The SMILES string of the molecule is CCCCCCCCCCCC[N+](CCCC)(CCCC)CCCCCCCCCCCC.[Br-]. The highest BCUT2D eigenvalue weighted by molar-refractivity contribution is 4.54. The molecule has 0 radical (unpaired) electrons. The zero-order valence-electron chi connectivity index (χ0n) is 24.6. The van der Waals surface area contributed by atoms with Gasteiger partial charge in [-0.15, -0.1) is 0 Å². The van der Waals surface area contributed by atoms with Gasteiger partial charge in [0.15, 0.2) is 0 Å². The molecule has 1 nitrogen and oxygen atoms in total. The third-order valence-electron chi connectivity index (χ3n) is 7.94. The van der Waals surface area contributed by atoms with E-state index in [9.17, 15) is 0 Å². The van der Waals surface area contributed by atoms with Gasteiger partial charge in [0.2, 0.25) is 0 Å². The first kappa shape index (κ1) is 36.6. The Labute approximate surface area is 229 Å². The minimum atomic E-state index is 0. The van der Waals surface area contributed by atoms with Crippen molar-refractivity contribution < 1.29 is 21.5 Å². The van der Waals surface area contributed by atoms with Crippen molar-refractivity contribution in [3.05, 3.63) is 0 Å². The highest BCUT2D eigenvalue weighted by Gasteiger charge is 2.25. The van der Waals surface area contributed by atoms with Crippen molar-refractivity contribution in [2.24, 2.45) is 0 Å². The van der Waals surface area contributed by atoms with Gasteiger partial charge in [-0.2, -0.15) is 0 Å². The molecule has 0 aliphatic rings. The van der Waals surface area contributed by atoms with Gasteiger partial charge in [-0.05, 0) is 38.5 Å². The first-order chi connectivity index (χ1) is 16.2. The summed E-state index contributed by atoms with van der Waals surface area (Å²) in [7, 11) is 0. The average molecular weight is 547 g/mol. The zero-order valence-corrected chi connectivity index (χ0v) is 26.2. The Kier molecular flexibility index (Phi) is 31.9. The lowest BCUT2D eigenvalue weighted by Gasteiger charge is -2.39. The van der Waals surface area contributed by atoms with Gasteiger partial charge in [-0.1, -0.05) is 143 Å². The van der Waals surface area contributed by atoms with Crippen molar-refractivity contribution in [2.45, 2.75) is 182 Å². The maximum Gasteiger partial charge on any atom is 0.0786 e. The van der Waals surface area contributed by atoms with Crippen molar-refractivity contribution >= 4 is 0 Å². The second kappa shape index (κ2) is 29.7. The molecule has 0 saturated carbocycles. The third kappa shape index (κ3) is 24.1. The number of hydrogen-bond donors (Lipinski definition) is 0. The predicted octanol–water partition coefficient (Wildman–Crippen LogP) is 8.25. The first-order valence-corrected chi connectivity index (χ1v) is 16.1. The summed E-state index contributed by atoms with van der Waals surface area (Å²) in [5.41, 5.74) is 0. The summed E-state index contributed by atoms with van der Waals surface area (Å²) in [6.45, 7) is 15.2. The molecule has 0 N–H and O–H groups in total. The summed E-state index contributed by atoms with van der Waals surface area (Å²) in [4.78, 5) is 0. The van der Waals surface area contributed by atoms with E-state index in [2.05, 4.69) is 27.7 Å². The lowest BCUT2D eigenvalue weighted by molar-refractivity contribution is -0.929. The van der Waals surface area contributed by atoms with Gasteiger partial charge < -0.3 is 21.5 Å². The van der Waals surface area contributed by atoms with E-state index in [1.54, 1.807) is 0 Å². The Balaban J connectivity index is 0. The third-order valence-corrected chi connectivity index (χ3v) is 7.94. The van der Waals surface area contributed by atoms with E-state index >= 15 is 0 Å². The summed E-state index contributed by atoms with van der Waals surface area (Å²) < 4.78 is 1.45. The lowest BCUT2D eigenvalue weighted by atomic mass is 10.0. The predicted molar refractivity (Wildman–Crippen MR) is 153 cm³/mol. The molecule has 208 valence electrons. The monoisotopic (exact) mass is 545 g/mol. The van der Waals surface area contributed by atoms with Crippen molar-refractivity contribution in [1.82, 2.24) is 0 Å². The normalized spacial score (nSPS) is 11.6. The number of quaternary nitrogens is 1. The van der Waals surface area contributed by atoms with Crippen molar-refractivity contribution in [1.29, 1.82) is 0 Å². The molecule has 0 heterocycles. The van der Waals surface area contributed by atoms with Crippen molar-refractivity contribution in [2.75, 3.05) is 26.2 Å². The van der Waals surface area contributed by atoms with E-state index in [4.69, 9.17) is 0 Å². The van der Waals surface area contributed by atoms with E-state index in [-0.39, 0.29) is 17.0 Å². The van der Waals surface area contributed by atoms with E-state index < -0.39 is 0 Å². The summed E-state index contributed by atoms with van der Waals surface area (Å²) in [6.07, 6.45) is 34.8. The first-order valence-electron chi connectivity index (χ1n) is 16.1. The molecule has 0 aromatic rings. The molecule has 34 heavy (non-hydrogen) atoms. The molecule has 0 aliphatic heterocycles. The summed E-state index contributed by atoms with van der Waals surface area (Å²) in [5.74, 6) is 0. The number of halogens is 1. The van der Waals surface area contributed by atoms with Crippen LogP contribution in [0.25, 0.3) is 0 Å². The molecule has 0 bridgehead atoms. The Morgan fingerprint density at radius 1 is 0.265 bits per heavy atom. The lowest BCUT2D eigenvalue weighted by Crippen LogP contribution is -3.00. The van der Waals surface area contributed by atoms with Crippen LogP contribution in [0, 0.1) is 0 Å². The Hall–Kier alpha value is 0.440. The standard InChI is InChI=1S/C32H68N.BrH/c1-5-9-13-15-17-19-21-23-25-27-31-33(29-11-7-3,30-12-8-4)32-28-26-24-22-20-18-16-14-10-6-2;/h5-32H2,1-4H3;1H/q+1;/p-1. The van der Waals surface area contributed by atoms with Crippen LogP contribution >= 0.6 is 0 Å². The Morgan fingerprint density at radius 2 is 0.471 bits per heavy atom. The largest absolute Gasteiger partial charge is 1.00 e. The van der Waals surface area contributed by atoms with E-state index in [0.717, 1.165) is 0 Å². The van der Waals surface area contributed by atoms with Crippen molar-refractivity contribution in [3.63, 3.8) is 0 Å². The van der Waals surface area contributed by atoms with Gasteiger partial charge in [0.25, 0.3) is 0 Å². The molecule has 0 atom stereocenters. The highest BCUT2D eigenvalue weighted by Crippen LogP contribution is 2.19. The molecule has 2 heteroatoms. The number of nitrogens with zero attached hydrogens (tertiary/aromatic N) is 1. The van der Waals surface area contributed by atoms with Gasteiger partial charge in [0, 0.05) is 0 Å². The molecule has 0 aliphatic carbocycles. The summed E-state index contributed by atoms with van der Waals surface area (Å²) in [5, 5.41) is 0. The summed E-state index contributed by atoms with van der Waals surface area (Å²) >= 11 is 0. The van der Waals surface area contributed by atoms with Gasteiger partial charge in [-0.25, -0.2) is 0 Å². The Morgan fingerprint density at radius 3 is 0.735 bits per heavy atom. The van der Waals surface area contributed by atoms with Gasteiger partial charge in [0.1, 0.15) is 0 Å². The molecular weight excluding hydrogens is 478 g/mol. The quantitative estimate of drug-likeness (QED) is 0.0685. The molecule has 0 amide bonds. The topological polar surface area (TPSA) is 0 Å². The summed E-state index contributed by atoms with van der Waals surface area (Å²) in [6, 6.07) is 0. The maximum absolute atomic E-state index is 2.38. The van der Waals surface area contributed by atoms with E-state index in [1.807, 2.05) is 0 Å². The van der Waals surface area contributed by atoms with Crippen LogP contribution in [0.2, 0.25) is 0 Å². The molecular formula is C32H68BrN. The van der Waals surface area contributed by atoms with Gasteiger partial charge >= 0.3 is 0 Å². The molecule has 0 saturated heterocycles. The zero-order chi connectivity index (χ0) is 24.3. The average Bonchev–Trinajstić information content (AvgIpc) is 2.83. The van der Waals surface area contributed by atoms with Crippen LogP contribution in [-0.2, 0) is 0 Å². The fraction of sp³-hybridized carbons (Fsp3) is 1.00. The number of unbranched alkanes of at least 4 members (excludes halogenated alkanes) is 20. The van der Waals surface area contributed by atoms with Crippen LogP contribution in [0.3, 0.4) is 0 Å². The molecule has 0 unspecified atom stereocenters. The van der Waals surface area contributed by atoms with Gasteiger partial charge in [0.05, 0.1) is 26.2 Å². The fourth-order valence-corrected chi connectivity index (χ4v) is 5.53. The van der Waals surface area contributed by atoms with Crippen LogP contribution in [0.15, 0.2) is 0 Å². The van der Waals surface area contributed by atoms with Crippen LogP contribution in [-0.4, -0.2) is 30.7 Å². The van der Waals surface area contributed by atoms with Crippen LogP contribution in [0.4, 0.5) is 0 Å². The second-order valence-electron chi connectivity index (χ2n) is 11.3. The van der Waals surface area contributed by atoms with Crippen LogP contribution < -0.4 is 17.0 Å². The minimum Gasteiger partial charge on any atom is -1.00 e. The fourth-order valence-electron chi connectivity index (χ4n) is 5.53. The highest BCUT2D eigenvalue weighted by atomic mass is 79.9. The second-order valence-corrected chi connectivity index (χ2v) is 11.3. The van der Waals surface area contributed by atoms with Crippen LogP contribution in [0.1, 0.15) is 182 Å². The number of hydrogen-bond acceptors (Lipinski definition) is 0. The molecule has 0 spiro atoms. The Bertz CT molecular complexity index is 323. The van der Waals surface area contributed by atoms with Gasteiger partial charge in [-0.3, -0.25) is 0 Å². The van der Waals surface area contributed by atoms with E-state index in [0.29, 0.717) is 0 Å². The van der Waals surface area contributed by atoms with Crippen molar-refractivity contribution in [3.8, 4) is 0 Å². The maximum atomic E-state index is 2.38. The van der Waals surface area contributed by atoms with E-state index in [1.165, 1.54) is 185 Å². The molecule has 0 fully saturated rings. The molecule has 0 rings (SSSR count). The number of rotatable bonds is 28. The molecule has 0 aromatic carbocycles. The smallest absolute Gasteiger partial charge is 0.0786 e. The van der Waals surface area contributed by atoms with Crippen LogP contribution in [0.5, 0.6) is 0 Å². The minimum absolute atomic E-state index is 0.